The van der Waals surface area contributed by atoms with Gasteiger partial charge in [-0.3, -0.25) is 4.79 Å². The van der Waals surface area contributed by atoms with Crippen LogP contribution in [0.3, 0.4) is 0 Å². The number of rotatable bonds is 3. The summed E-state index contributed by atoms with van der Waals surface area (Å²) in [7, 11) is 0. The van der Waals surface area contributed by atoms with Gasteiger partial charge in [0.2, 0.25) is 0 Å². The second-order valence-corrected chi connectivity index (χ2v) is 7.42. The van der Waals surface area contributed by atoms with Crippen molar-refractivity contribution in [2.24, 2.45) is 0 Å². The van der Waals surface area contributed by atoms with E-state index in [2.05, 4.69) is 30.4 Å². The highest BCUT2D eigenvalue weighted by atomic mass is 32.1. The Balaban J connectivity index is 1.54. The topological polar surface area (TPSA) is 42.0 Å². The normalized spacial score (nSPS) is 10.8. The molecular weight excluding hydrogens is 340 g/mol. The highest BCUT2D eigenvalue weighted by Gasteiger charge is 2.08. The molecule has 3 aromatic carbocycles. The number of anilines is 1. The SMILES string of the molecule is Cc1ccc(C(=O)Nc2ccc(-c3nc4ccc(C)cc4s3)cc2)cc1. The monoisotopic (exact) mass is 358 g/mol. The van der Waals surface area contributed by atoms with Crippen LogP contribution >= 0.6 is 11.3 Å². The molecule has 1 heterocycles. The molecule has 0 bridgehead atoms. The van der Waals surface area contributed by atoms with Crippen molar-refractivity contribution in [3.63, 3.8) is 0 Å². The van der Waals surface area contributed by atoms with E-state index in [9.17, 15) is 4.79 Å². The molecule has 128 valence electrons. The van der Waals surface area contributed by atoms with E-state index in [-0.39, 0.29) is 5.91 Å². The second-order valence-electron chi connectivity index (χ2n) is 6.39. The predicted octanol–water partition coefficient (Wildman–Crippen LogP) is 5.83. The van der Waals surface area contributed by atoms with Crippen molar-refractivity contribution in [3.05, 3.63) is 83.4 Å². The van der Waals surface area contributed by atoms with Crippen LogP contribution in [0.25, 0.3) is 20.8 Å². The summed E-state index contributed by atoms with van der Waals surface area (Å²) >= 11 is 1.68. The fraction of sp³-hybridized carbons (Fsp3) is 0.0909. The fourth-order valence-electron chi connectivity index (χ4n) is 2.76. The van der Waals surface area contributed by atoms with Gasteiger partial charge in [0.1, 0.15) is 5.01 Å². The number of hydrogen-bond acceptors (Lipinski definition) is 3. The van der Waals surface area contributed by atoms with E-state index in [1.165, 1.54) is 10.3 Å². The highest BCUT2D eigenvalue weighted by molar-refractivity contribution is 7.21. The first-order valence-electron chi connectivity index (χ1n) is 8.44. The number of hydrogen-bond donors (Lipinski definition) is 1. The summed E-state index contributed by atoms with van der Waals surface area (Å²) in [6.07, 6.45) is 0. The van der Waals surface area contributed by atoms with Crippen molar-refractivity contribution in [1.29, 1.82) is 0 Å². The lowest BCUT2D eigenvalue weighted by atomic mass is 10.1. The van der Waals surface area contributed by atoms with Gasteiger partial charge in [-0.15, -0.1) is 11.3 Å². The molecule has 1 aromatic heterocycles. The van der Waals surface area contributed by atoms with Gasteiger partial charge in [-0.05, 0) is 67.9 Å². The molecule has 0 saturated carbocycles. The zero-order valence-corrected chi connectivity index (χ0v) is 15.4. The molecule has 0 aliphatic heterocycles. The number of fused-ring (bicyclic) bond motifs is 1. The van der Waals surface area contributed by atoms with Crippen LogP contribution in [0.5, 0.6) is 0 Å². The number of carbonyl (C=O) groups is 1. The second kappa shape index (κ2) is 6.73. The lowest BCUT2D eigenvalue weighted by Crippen LogP contribution is -2.11. The van der Waals surface area contributed by atoms with Crippen LogP contribution in [-0.2, 0) is 0 Å². The molecule has 0 saturated heterocycles. The molecule has 26 heavy (non-hydrogen) atoms. The van der Waals surface area contributed by atoms with E-state index < -0.39 is 0 Å². The number of aromatic nitrogens is 1. The van der Waals surface area contributed by atoms with E-state index >= 15 is 0 Å². The van der Waals surface area contributed by atoms with E-state index in [1.54, 1.807) is 11.3 Å². The average molecular weight is 358 g/mol. The number of nitrogens with zero attached hydrogens (tertiary/aromatic N) is 1. The maximum absolute atomic E-state index is 12.3. The first kappa shape index (κ1) is 16.5. The van der Waals surface area contributed by atoms with Crippen LogP contribution in [0.2, 0.25) is 0 Å². The summed E-state index contributed by atoms with van der Waals surface area (Å²) in [4.78, 5) is 17.0. The smallest absolute Gasteiger partial charge is 0.255 e. The average Bonchev–Trinajstić information content (AvgIpc) is 3.06. The first-order valence-corrected chi connectivity index (χ1v) is 9.26. The summed E-state index contributed by atoms with van der Waals surface area (Å²) in [5.41, 5.74) is 5.88. The minimum Gasteiger partial charge on any atom is -0.322 e. The van der Waals surface area contributed by atoms with E-state index in [1.807, 2.05) is 55.5 Å². The van der Waals surface area contributed by atoms with Crippen LogP contribution in [-0.4, -0.2) is 10.9 Å². The van der Waals surface area contributed by atoms with Crippen LogP contribution < -0.4 is 5.32 Å². The molecule has 0 unspecified atom stereocenters. The number of nitrogens with one attached hydrogen (secondary N) is 1. The zero-order chi connectivity index (χ0) is 18.1. The number of amides is 1. The van der Waals surface area contributed by atoms with Crippen molar-refractivity contribution in [1.82, 2.24) is 4.98 Å². The van der Waals surface area contributed by atoms with Crippen LogP contribution in [0, 0.1) is 13.8 Å². The van der Waals surface area contributed by atoms with Crippen molar-refractivity contribution in [3.8, 4) is 10.6 Å². The molecule has 4 heteroatoms. The number of carbonyl (C=O) groups excluding carboxylic acids is 1. The molecule has 3 nitrogen and oxygen atoms in total. The minimum absolute atomic E-state index is 0.104. The van der Waals surface area contributed by atoms with E-state index in [4.69, 9.17) is 4.98 Å². The molecule has 1 amide bonds. The van der Waals surface area contributed by atoms with Crippen molar-refractivity contribution < 1.29 is 4.79 Å². The van der Waals surface area contributed by atoms with Gasteiger partial charge in [-0.1, -0.05) is 23.8 Å². The van der Waals surface area contributed by atoms with Crippen LogP contribution in [0.4, 0.5) is 5.69 Å². The Morgan fingerprint density at radius 3 is 2.31 bits per heavy atom. The Labute approximate surface area is 156 Å². The Morgan fingerprint density at radius 2 is 1.58 bits per heavy atom. The van der Waals surface area contributed by atoms with E-state index in [0.717, 1.165) is 27.3 Å². The Morgan fingerprint density at radius 1 is 0.885 bits per heavy atom. The summed E-state index contributed by atoms with van der Waals surface area (Å²) in [5, 5.41) is 3.92. The Bertz CT molecular complexity index is 1080. The largest absolute Gasteiger partial charge is 0.322 e. The lowest BCUT2D eigenvalue weighted by Gasteiger charge is -2.06. The summed E-state index contributed by atoms with van der Waals surface area (Å²) in [5.74, 6) is -0.104. The summed E-state index contributed by atoms with van der Waals surface area (Å²) < 4.78 is 1.19. The molecular formula is C22H18N2OS. The lowest BCUT2D eigenvalue weighted by molar-refractivity contribution is 0.102. The third-order valence-electron chi connectivity index (χ3n) is 4.25. The quantitative estimate of drug-likeness (QED) is 0.500. The zero-order valence-electron chi connectivity index (χ0n) is 14.6. The number of benzene rings is 3. The summed E-state index contributed by atoms with van der Waals surface area (Å²) in [6.45, 7) is 4.09. The molecule has 0 spiro atoms. The molecule has 0 aliphatic rings. The van der Waals surface area contributed by atoms with Gasteiger partial charge in [-0.25, -0.2) is 4.98 Å². The standard InChI is InChI=1S/C22H18N2OS/c1-14-3-6-16(7-4-14)21(25)23-18-10-8-17(9-11-18)22-24-19-12-5-15(2)13-20(19)26-22/h3-13H,1-2H3,(H,23,25). The van der Waals surface area contributed by atoms with Gasteiger partial charge in [0.15, 0.2) is 0 Å². The van der Waals surface area contributed by atoms with Gasteiger partial charge >= 0.3 is 0 Å². The molecule has 0 atom stereocenters. The maximum atomic E-state index is 12.3. The molecule has 0 aliphatic carbocycles. The van der Waals surface area contributed by atoms with Crippen LogP contribution in [0.1, 0.15) is 21.5 Å². The maximum Gasteiger partial charge on any atom is 0.255 e. The van der Waals surface area contributed by atoms with Crippen molar-refractivity contribution in [2.75, 3.05) is 5.32 Å². The van der Waals surface area contributed by atoms with Gasteiger partial charge in [0, 0.05) is 16.8 Å². The van der Waals surface area contributed by atoms with Gasteiger partial charge < -0.3 is 5.32 Å². The molecule has 1 N–H and O–H groups in total. The molecule has 0 radical (unpaired) electrons. The number of thiazole rings is 1. The predicted molar refractivity (Wildman–Crippen MR) is 109 cm³/mol. The highest BCUT2D eigenvalue weighted by Crippen LogP contribution is 2.31. The van der Waals surface area contributed by atoms with Gasteiger partial charge in [0.25, 0.3) is 5.91 Å². The number of aryl methyl sites for hydroxylation is 2. The Hall–Kier alpha value is -2.98. The van der Waals surface area contributed by atoms with Crippen LogP contribution in [0.15, 0.2) is 66.7 Å². The minimum atomic E-state index is -0.104. The van der Waals surface area contributed by atoms with Gasteiger partial charge in [0.05, 0.1) is 10.2 Å². The van der Waals surface area contributed by atoms with E-state index in [0.29, 0.717) is 5.56 Å². The first-order chi connectivity index (χ1) is 12.6. The van der Waals surface area contributed by atoms with Crippen molar-refractivity contribution >= 4 is 33.1 Å². The third-order valence-corrected chi connectivity index (χ3v) is 5.31. The Kier molecular flexibility index (Phi) is 4.27. The molecule has 4 aromatic rings. The van der Waals surface area contributed by atoms with Crippen molar-refractivity contribution in [2.45, 2.75) is 13.8 Å². The third kappa shape index (κ3) is 3.37. The molecule has 4 rings (SSSR count). The van der Waals surface area contributed by atoms with Gasteiger partial charge in [-0.2, -0.15) is 0 Å². The fourth-order valence-corrected chi connectivity index (χ4v) is 3.83. The molecule has 0 fully saturated rings. The summed E-state index contributed by atoms with van der Waals surface area (Å²) in [6, 6.07) is 21.7.